The SMILES string of the molecule is CCCCOP(=O)(OCCCC)OP(=O)(OCCCC)OP(=O)(OCC)OP(=O)(OCC)OCC. The number of unbranched alkanes of at least 4 members (excludes halogenated alkanes) is 3. The number of rotatable bonds is 24. The van der Waals surface area contributed by atoms with Gasteiger partial charge in [0.25, 0.3) is 0 Å². The van der Waals surface area contributed by atoms with Crippen LogP contribution in [0.4, 0.5) is 0 Å². The molecular formula is C18H42O13P4. The highest BCUT2D eigenvalue weighted by Gasteiger charge is 2.50. The summed E-state index contributed by atoms with van der Waals surface area (Å²) in [6.07, 6.45) is 3.50. The molecule has 0 aromatic carbocycles. The summed E-state index contributed by atoms with van der Waals surface area (Å²) in [6, 6.07) is 0. The van der Waals surface area contributed by atoms with Crippen molar-refractivity contribution in [2.24, 2.45) is 0 Å². The third-order valence-corrected chi connectivity index (χ3v) is 11.7. The van der Waals surface area contributed by atoms with Crippen LogP contribution < -0.4 is 0 Å². The maximum atomic E-state index is 13.6. The lowest BCUT2D eigenvalue weighted by atomic mass is 10.4. The largest absolute Gasteiger partial charge is 0.492 e. The molecule has 0 saturated carbocycles. The molecule has 0 fully saturated rings. The van der Waals surface area contributed by atoms with E-state index in [2.05, 4.69) is 0 Å². The first kappa shape index (κ1) is 35.6. The lowest BCUT2D eigenvalue weighted by Crippen LogP contribution is -2.08. The van der Waals surface area contributed by atoms with E-state index in [0.29, 0.717) is 38.5 Å². The predicted octanol–water partition coefficient (Wildman–Crippen LogP) is 8.03. The third kappa shape index (κ3) is 15.5. The molecule has 0 aromatic rings. The van der Waals surface area contributed by atoms with E-state index >= 15 is 0 Å². The molecule has 0 amide bonds. The van der Waals surface area contributed by atoms with Crippen LogP contribution in [0.25, 0.3) is 0 Å². The lowest BCUT2D eigenvalue weighted by Gasteiger charge is -2.27. The van der Waals surface area contributed by atoms with Crippen LogP contribution in [0, 0.1) is 0 Å². The number of phosphoric ester groups is 2. The van der Waals surface area contributed by atoms with Gasteiger partial charge in [0, 0.05) is 0 Å². The second kappa shape index (κ2) is 18.8. The maximum absolute atomic E-state index is 13.6. The van der Waals surface area contributed by atoms with Crippen molar-refractivity contribution in [2.45, 2.75) is 80.1 Å². The molecule has 212 valence electrons. The normalized spacial score (nSPS) is 16.2. The highest BCUT2D eigenvalue weighted by atomic mass is 31.3. The summed E-state index contributed by atoms with van der Waals surface area (Å²) >= 11 is 0. The topological polar surface area (TPSA) is 151 Å². The molecule has 0 N–H and O–H groups in total. The van der Waals surface area contributed by atoms with Crippen molar-refractivity contribution >= 4 is 31.3 Å². The summed E-state index contributed by atoms with van der Waals surface area (Å²) < 4.78 is 98.9. The Morgan fingerprint density at radius 2 is 0.657 bits per heavy atom. The van der Waals surface area contributed by atoms with Crippen LogP contribution in [0.5, 0.6) is 0 Å². The quantitative estimate of drug-likeness (QED) is 0.0788. The fourth-order valence-electron chi connectivity index (χ4n) is 2.10. The highest BCUT2D eigenvalue weighted by Crippen LogP contribution is 2.76. The van der Waals surface area contributed by atoms with Gasteiger partial charge in [0.15, 0.2) is 0 Å². The van der Waals surface area contributed by atoms with E-state index in [4.69, 9.17) is 40.1 Å². The Bertz CT molecular complexity index is 724. The van der Waals surface area contributed by atoms with Crippen molar-refractivity contribution in [1.29, 1.82) is 0 Å². The fourth-order valence-corrected chi connectivity index (χ4v) is 9.48. The van der Waals surface area contributed by atoms with Crippen molar-refractivity contribution < 1.29 is 58.3 Å². The van der Waals surface area contributed by atoms with Gasteiger partial charge in [0.05, 0.1) is 39.6 Å². The average Bonchev–Trinajstić information content (AvgIpc) is 2.74. The van der Waals surface area contributed by atoms with Gasteiger partial charge in [-0.25, -0.2) is 18.3 Å². The zero-order valence-electron chi connectivity index (χ0n) is 21.6. The van der Waals surface area contributed by atoms with Crippen molar-refractivity contribution in [3.63, 3.8) is 0 Å². The van der Waals surface area contributed by atoms with E-state index in [9.17, 15) is 18.3 Å². The molecule has 0 bridgehead atoms. The summed E-state index contributed by atoms with van der Waals surface area (Å²) in [7, 11) is -18.9. The maximum Gasteiger partial charge on any atom is 0.492 e. The first-order chi connectivity index (χ1) is 16.5. The summed E-state index contributed by atoms with van der Waals surface area (Å²) in [5, 5.41) is 0. The molecule has 0 rings (SSSR count). The van der Waals surface area contributed by atoms with Crippen LogP contribution in [-0.2, 0) is 58.3 Å². The van der Waals surface area contributed by atoms with Crippen LogP contribution in [0.1, 0.15) is 80.1 Å². The summed E-state index contributed by atoms with van der Waals surface area (Å²) in [6.45, 7) is 9.28. The first-order valence-electron chi connectivity index (χ1n) is 11.9. The van der Waals surface area contributed by atoms with Gasteiger partial charge < -0.3 is 0 Å². The zero-order chi connectivity index (χ0) is 26.8. The number of phosphoric acid groups is 4. The molecule has 0 aromatic heterocycles. The molecule has 0 saturated heterocycles. The Balaban J connectivity index is 6.08. The smallest absolute Gasteiger partial charge is 0.287 e. The Morgan fingerprint density at radius 1 is 0.400 bits per heavy atom. The second-order valence-corrected chi connectivity index (χ2v) is 13.9. The Kier molecular flexibility index (Phi) is 19.1. The molecule has 35 heavy (non-hydrogen) atoms. The summed E-state index contributed by atoms with van der Waals surface area (Å²) in [5.74, 6) is 0. The first-order valence-corrected chi connectivity index (χ1v) is 17.7. The zero-order valence-corrected chi connectivity index (χ0v) is 25.2. The fraction of sp³-hybridized carbons (Fsp3) is 1.00. The minimum Gasteiger partial charge on any atom is -0.287 e. The van der Waals surface area contributed by atoms with E-state index in [1.165, 1.54) is 20.8 Å². The Morgan fingerprint density at radius 3 is 1.00 bits per heavy atom. The van der Waals surface area contributed by atoms with E-state index in [1.54, 1.807) is 0 Å². The molecular weight excluding hydrogens is 548 g/mol. The lowest BCUT2D eigenvalue weighted by molar-refractivity contribution is 0.110. The Labute approximate surface area is 209 Å². The van der Waals surface area contributed by atoms with Crippen molar-refractivity contribution in [3.05, 3.63) is 0 Å². The third-order valence-electron chi connectivity index (χ3n) is 3.70. The molecule has 0 spiro atoms. The molecule has 0 aliphatic heterocycles. The van der Waals surface area contributed by atoms with Gasteiger partial charge in [-0.3, -0.25) is 27.1 Å². The monoisotopic (exact) mass is 590 g/mol. The van der Waals surface area contributed by atoms with Crippen molar-refractivity contribution in [2.75, 3.05) is 39.6 Å². The van der Waals surface area contributed by atoms with E-state index in [0.717, 1.165) is 0 Å². The van der Waals surface area contributed by atoms with E-state index in [-0.39, 0.29) is 39.6 Å². The molecule has 2 unspecified atom stereocenters. The minimum absolute atomic E-state index is 0.0294. The van der Waals surface area contributed by atoms with Gasteiger partial charge in [0.1, 0.15) is 0 Å². The van der Waals surface area contributed by atoms with Crippen LogP contribution in [0.3, 0.4) is 0 Å². The van der Waals surface area contributed by atoms with E-state index in [1.807, 2.05) is 20.8 Å². The van der Waals surface area contributed by atoms with Crippen LogP contribution in [-0.4, -0.2) is 39.6 Å². The van der Waals surface area contributed by atoms with Crippen LogP contribution >= 0.6 is 31.3 Å². The predicted molar refractivity (Wildman–Crippen MR) is 131 cm³/mol. The minimum atomic E-state index is -5.00. The molecule has 17 heteroatoms. The van der Waals surface area contributed by atoms with Crippen LogP contribution in [0.2, 0.25) is 0 Å². The van der Waals surface area contributed by atoms with Crippen LogP contribution in [0.15, 0.2) is 0 Å². The van der Waals surface area contributed by atoms with Gasteiger partial charge in [0.2, 0.25) is 0 Å². The molecule has 0 heterocycles. The van der Waals surface area contributed by atoms with Gasteiger partial charge in [-0.15, -0.1) is 0 Å². The number of hydrogen-bond acceptors (Lipinski definition) is 13. The summed E-state index contributed by atoms with van der Waals surface area (Å²) in [5.41, 5.74) is 0. The van der Waals surface area contributed by atoms with Gasteiger partial charge in [-0.2, -0.15) is 12.9 Å². The van der Waals surface area contributed by atoms with Crippen molar-refractivity contribution in [3.8, 4) is 0 Å². The van der Waals surface area contributed by atoms with Gasteiger partial charge in [-0.05, 0) is 40.0 Å². The average molecular weight is 590 g/mol. The Hall–Kier alpha value is 0.560. The summed E-state index contributed by atoms with van der Waals surface area (Å²) in [4.78, 5) is 0. The highest BCUT2D eigenvalue weighted by molar-refractivity contribution is 7.70. The molecule has 0 radical (unpaired) electrons. The van der Waals surface area contributed by atoms with Gasteiger partial charge >= 0.3 is 31.3 Å². The number of hydrogen-bond donors (Lipinski definition) is 0. The molecule has 0 aliphatic carbocycles. The molecule has 0 aliphatic rings. The molecule has 13 nitrogen and oxygen atoms in total. The van der Waals surface area contributed by atoms with Crippen molar-refractivity contribution in [1.82, 2.24) is 0 Å². The van der Waals surface area contributed by atoms with E-state index < -0.39 is 31.3 Å². The van der Waals surface area contributed by atoms with Gasteiger partial charge in [-0.1, -0.05) is 40.0 Å². The second-order valence-electron chi connectivity index (χ2n) is 6.85. The standard InChI is InChI=1S/C18H42O13P4/c1-7-13-16-26-33(20,27-17-14-8-2)30-35(22,28-18-15-9-3)31-34(21,25-12-6)29-32(19,23-10-4)24-11-5/h7-18H2,1-6H3. The molecule has 2 atom stereocenters.